The van der Waals surface area contributed by atoms with E-state index in [9.17, 15) is 9.90 Å². The zero-order chi connectivity index (χ0) is 21.8. The summed E-state index contributed by atoms with van der Waals surface area (Å²) in [4.78, 5) is 20.9. The minimum Gasteiger partial charge on any atom is -0.487 e. The summed E-state index contributed by atoms with van der Waals surface area (Å²) < 4.78 is 6.04. The summed E-state index contributed by atoms with van der Waals surface area (Å²) in [5.41, 5.74) is 4.50. The van der Waals surface area contributed by atoms with Gasteiger partial charge in [0.2, 0.25) is 0 Å². The van der Waals surface area contributed by atoms with Gasteiger partial charge in [0.15, 0.2) is 0 Å². The van der Waals surface area contributed by atoms with Gasteiger partial charge in [0.25, 0.3) is 0 Å². The van der Waals surface area contributed by atoms with Crippen LogP contribution in [0, 0.1) is 6.92 Å². The average Bonchev–Trinajstić information content (AvgIpc) is 3.17. The maximum atomic E-state index is 12.2. The fraction of sp³-hybridized carbons (Fsp3) is 0.200. The number of hydrogen-bond acceptors (Lipinski definition) is 4. The number of nitrogens with one attached hydrogen (secondary N) is 1. The van der Waals surface area contributed by atoms with Gasteiger partial charge in [0.05, 0.1) is 5.69 Å². The van der Waals surface area contributed by atoms with Gasteiger partial charge >= 0.3 is 5.97 Å². The number of aryl methyl sites for hydroxylation is 1. The van der Waals surface area contributed by atoms with Crippen molar-refractivity contribution in [2.45, 2.75) is 30.8 Å². The number of H-pyrrole nitrogens is 1. The van der Waals surface area contributed by atoms with Gasteiger partial charge in [-0.2, -0.15) is 0 Å². The fourth-order valence-electron chi connectivity index (χ4n) is 3.84. The lowest BCUT2D eigenvalue weighted by Crippen LogP contribution is -2.15. The summed E-state index contributed by atoms with van der Waals surface area (Å²) in [5, 5.41) is 11.0. The molecule has 0 amide bonds. The number of hydrogen-bond donors (Lipinski definition) is 2. The molecule has 4 rings (SSSR count). The third-order valence-electron chi connectivity index (χ3n) is 5.39. The number of fused-ring (bicyclic) bond motifs is 1. The van der Waals surface area contributed by atoms with Crippen molar-refractivity contribution >= 4 is 28.6 Å². The van der Waals surface area contributed by atoms with E-state index < -0.39 is 11.9 Å². The second kappa shape index (κ2) is 9.27. The Hall–Kier alpha value is -3.25. The van der Waals surface area contributed by atoms with E-state index in [4.69, 9.17) is 4.74 Å². The third-order valence-corrected chi connectivity index (χ3v) is 6.22. The number of carbonyl (C=O) groups is 1. The van der Waals surface area contributed by atoms with Crippen molar-refractivity contribution < 1.29 is 14.6 Å². The van der Waals surface area contributed by atoms with Crippen LogP contribution in [0.15, 0.2) is 71.8 Å². The monoisotopic (exact) mass is 432 g/mol. The minimum absolute atomic E-state index is 0.380. The average molecular weight is 433 g/mol. The molecule has 158 valence electrons. The van der Waals surface area contributed by atoms with Gasteiger partial charge in [-0.15, -0.1) is 11.8 Å². The minimum atomic E-state index is -0.838. The number of nitrogens with zero attached hydrogens (tertiary/aromatic N) is 1. The Bertz CT molecular complexity index is 1190. The van der Waals surface area contributed by atoms with Crippen molar-refractivity contribution in [3.8, 4) is 5.75 Å². The standard InChI is InChI=1S/C25H24N2O3S/c1-16-21(30-15-18-10-6-7-13-26-18)12-11-20-22(16)24(31-2)23(27-20)19(25(28)29)14-17-8-4-3-5-9-17/h3-13,19,27H,14-15H2,1-2H3,(H,28,29). The highest BCUT2D eigenvalue weighted by Crippen LogP contribution is 2.40. The van der Waals surface area contributed by atoms with Crippen LogP contribution in [0.2, 0.25) is 0 Å². The van der Waals surface area contributed by atoms with Crippen molar-refractivity contribution in [3.05, 3.63) is 89.4 Å². The van der Waals surface area contributed by atoms with Crippen molar-refractivity contribution in [2.24, 2.45) is 0 Å². The van der Waals surface area contributed by atoms with Gasteiger partial charge in [-0.05, 0) is 49.4 Å². The van der Waals surface area contributed by atoms with E-state index in [1.54, 1.807) is 18.0 Å². The molecule has 0 aliphatic rings. The van der Waals surface area contributed by atoms with E-state index in [-0.39, 0.29) is 0 Å². The zero-order valence-electron chi connectivity index (χ0n) is 17.5. The van der Waals surface area contributed by atoms with Crippen molar-refractivity contribution in [1.82, 2.24) is 9.97 Å². The van der Waals surface area contributed by atoms with E-state index in [2.05, 4.69) is 9.97 Å². The lowest BCUT2D eigenvalue weighted by molar-refractivity contribution is -0.138. The molecule has 2 aromatic carbocycles. The Morgan fingerprint density at radius 1 is 1.13 bits per heavy atom. The molecule has 0 spiro atoms. The summed E-state index contributed by atoms with van der Waals surface area (Å²) in [6, 6.07) is 19.4. The molecule has 5 nitrogen and oxygen atoms in total. The van der Waals surface area contributed by atoms with E-state index in [1.807, 2.05) is 73.8 Å². The molecule has 31 heavy (non-hydrogen) atoms. The van der Waals surface area contributed by atoms with Gasteiger partial charge < -0.3 is 14.8 Å². The molecule has 0 fully saturated rings. The summed E-state index contributed by atoms with van der Waals surface area (Å²) >= 11 is 1.56. The van der Waals surface area contributed by atoms with Crippen molar-refractivity contribution in [1.29, 1.82) is 0 Å². The molecule has 0 saturated carbocycles. The fourth-order valence-corrected chi connectivity index (χ4v) is 4.72. The van der Waals surface area contributed by atoms with E-state index in [0.717, 1.165) is 44.1 Å². The lowest BCUT2D eigenvalue weighted by atomic mass is 9.96. The first kappa shape index (κ1) is 21.0. The van der Waals surface area contributed by atoms with Crippen LogP contribution in [0.5, 0.6) is 5.75 Å². The molecule has 0 radical (unpaired) electrons. The van der Waals surface area contributed by atoms with Crippen LogP contribution in [0.25, 0.3) is 10.9 Å². The molecular weight excluding hydrogens is 408 g/mol. The summed E-state index contributed by atoms with van der Waals surface area (Å²) in [7, 11) is 0. The Morgan fingerprint density at radius 3 is 2.58 bits per heavy atom. The molecule has 2 aromatic heterocycles. The molecule has 0 aliphatic carbocycles. The van der Waals surface area contributed by atoms with Crippen LogP contribution in [0.3, 0.4) is 0 Å². The highest BCUT2D eigenvalue weighted by Gasteiger charge is 2.27. The Morgan fingerprint density at radius 2 is 1.90 bits per heavy atom. The van der Waals surface area contributed by atoms with Crippen LogP contribution in [-0.4, -0.2) is 27.3 Å². The first-order valence-corrected chi connectivity index (χ1v) is 11.3. The smallest absolute Gasteiger partial charge is 0.312 e. The molecule has 0 aliphatic heterocycles. The quantitative estimate of drug-likeness (QED) is 0.355. The van der Waals surface area contributed by atoms with Crippen LogP contribution in [0.4, 0.5) is 0 Å². The Balaban J connectivity index is 1.71. The number of carboxylic acids is 1. The SMILES string of the molecule is CSc1c(C(Cc2ccccc2)C(=O)O)[nH]c2ccc(OCc3ccccn3)c(C)c12. The largest absolute Gasteiger partial charge is 0.487 e. The summed E-state index contributed by atoms with van der Waals surface area (Å²) in [6.07, 6.45) is 4.16. The third kappa shape index (κ3) is 4.44. The first-order chi connectivity index (χ1) is 15.1. The number of thioether (sulfide) groups is 1. The molecule has 0 bridgehead atoms. The second-order valence-corrected chi connectivity index (χ2v) is 8.19. The number of ether oxygens (including phenoxy) is 1. The number of aromatic amines is 1. The van der Waals surface area contributed by atoms with Crippen molar-refractivity contribution in [2.75, 3.05) is 6.26 Å². The molecule has 1 unspecified atom stereocenters. The predicted octanol–water partition coefficient (Wildman–Crippen LogP) is 5.58. The summed E-state index contributed by atoms with van der Waals surface area (Å²) in [6.45, 7) is 2.39. The molecule has 2 N–H and O–H groups in total. The van der Waals surface area contributed by atoms with E-state index >= 15 is 0 Å². The van der Waals surface area contributed by atoms with E-state index in [1.165, 1.54) is 0 Å². The highest BCUT2D eigenvalue weighted by atomic mass is 32.2. The number of rotatable bonds is 8. The molecule has 4 aromatic rings. The van der Waals surface area contributed by atoms with Gasteiger partial charge in [-0.1, -0.05) is 36.4 Å². The molecule has 2 heterocycles. The van der Waals surface area contributed by atoms with Gasteiger partial charge in [-0.3, -0.25) is 9.78 Å². The van der Waals surface area contributed by atoms with Crippen molar-refractivity contribution in [3.63, 3.8) is 0 Å². The number of carboxylic acid groups (broad SMARTS) is 1. The normalized spacial score (nSPS) is 12.1. The predicted molar refractivity (Wildman–Crippen MR) is 124 cm³/mol. The van der Waals surface area contributed by atoms with Gasteiger partial charge in [0.1, 0.15) is 18.3 Å². The number of aromatic nitrogens is 2. The zero-order valence-corrected chi connectivity index (χ0v) is 18.3. The van der Waals surface area contributed by atoms with Crippen LogP contribution < -0.4 is 4.74 Å². The number of aliphatic carboxylic acids is 1. The second-order valence-electron chi connectivity index (χ2n) is 7.37. The molecule has 0 saturated heterocycles. The van der Waals surface area contributed by atoms with E-state index in [0.29, 0.717) is 13.0 Å². The highest BCUT2D eigenvalue weighted by molar-refractivity contribution is 7.98. The Labute approximate surface area is 185 Å². The maximum absolute atomic E-state index is 12.2. The molecular formula is C25H24N2O3S. The number of pyridine rings is 1. The maximum Gasteiger partial charge on any atom is 0.312 e. The topological polar surface area (TPSA) is 75.2 Å². The molecule has 1 atom stereocenters. The van der Waals surface area contributed by atoms with Gasteiger partial charge in [0, 0.05) is 33.3 Å². The van der Waals surface area contributed by atoms with Crippen LogP contribution in [0.1, 0.15) is 28.4 Å². The van der Waals surface area contributed by atoms with Crippen LogP contribution in [-0.2, 0) is 17.8 Å². The first-order valence-electron chi connectivity index (χ1n) is 10.1. The summed E-state index contributed by atoms with van der Waals surface area (Å²) in [5.74, 6) is -0.724. The number of benzene rings is 2. The van der Waals surface area contributed by atoms with Gasteiger partial charge in [-0.25, -0.2) is 0 Å². The Kier molecular flexibility index (Phi) is 6.28. The van der Waals surface area contributed by atoms with Crippen LogP contribution >= 0.6 is 11.8 Å². The lowest BCUT2D eigenvalue weighted by Gasteiger charge is -2.13. The molecule has 6 heteroatoms.